The lowest BCUT2D eigenvalue weighted by Gasteiger charge is -2.23. The third-order valence-electron chi connectivity index (χ3n) is 5.30. The summed E-state index contributed by atoms with van der Waals surface area (Å²) in [7, 11) is 1.45. The number of amides is 2. The first-order valence-electron chi connectivity index (χ1n) is 9.92. The standard InChI is InChI=1S/C19H22F2N8O3/c1-11-5-23-27(6-11)8-14-12(2)32-25-16(14)18(31)29-10-19(20,21)4-13(29)7-28-9-15(24-26-28)17(30)22-3/h5-6,9,13H,4,7-8,10H2,1-3H3,(H,22,30)/t13-/m0/s1. The summed E-state index contributed by atoms with van der Waals surface area (Å²) in [6.07, 6.45) is 4.27. The van der Waals surface area contributed by atoms with Crippen molar-refractivity contribution in [1.82, 2.24) is 40.1 Å². The van der Waals surface area contributed by atoms with Crippen LogP contribution in [0.1, 0.15) is 44.3 Å². The highest BCUT2D eigenvalue weighted by Crippen LogP contribution is 2.34. The smallest absolute Gasteiger partial charge is 0.276 e. The first-order chi connectivity index (χ1) is 15.2. The van der Waals surface area contributed by atoms with Crippen molar-refractivity contribution in [3.05, 3.63) is 46.9 Å². The van der Waals surface area contributed by atoms with E-state index in [2.05, 4.69) is 25.9 Å². The number of hydrogen-bond acceptors (Lipinski definition) is 7. The molecule has 1 saturated heterocycles. The Morgan fingerprint density at radius 3 is 2.75 bits per heavy atom. The fourth-order valence-electron chi connectivity index (χ4n) is 3.73. The van der Waals surface area contributed by atoms with Gasteiger partial charge in [-0.25, -0.2) is 13.5 Å². The molecule has 1 atom stereocenters. The molecule has 0 aliphatic carbocycles. The molecule has 0 bridgehead atoms. The summed E-state index contributed by atoms with van der Waals surface area (Å²) in [4.78, 5) is 26.0. The van der Waals surface area contributed by atoms with E-state index in [4.69, 9.17) is 4.52 Å². The number of rotatable bonds is 6. The highest BCUT2D eigenvalue weighted by atomic mass is 19.3. The SMILES string of the molecule is CNC(=O)c1cn(C[C@@H]2CC(F)(F)CN2C(=O)c2noc(C)c2Cn2cc(C)cn2)nn1. The average Bonchev–Trinajstić information content (AvgIpc) is 3.50. The Morgan fingerprint density at radius 1 is 1.28 bits per heavy atom. The molecule has 1 N–H and O–H groups in total. The number of nitrogens with one attached hydrogen (secondary N) is 1. The number of carbonyl (C=O) groups excluding carboxylic acids is 2. The van der Waals surface area contributed by atoms with Crippen molar-refractivity contribution in [2.75, 3.05) is 13.6 Å². The quantitative estimate of drug-likeness (QED) is 0.597. The molecule has 2 amide bonds. The molecule has 1 aliphatic rings. The minimum atomic E-state index is -3.07. The number of hydrogen-bond donors (Lipinski definition) is 1. The number of carbonyl (C=O) groups is 2. The molecule has 11 nitrogen and oxygen atoms in total. The summed E-state index contributed by atoms with van der Waals surface area (Å²) in [6, 6.07) is -0.867. The summed E-state index contributed by atoms with van der Waals surface area (Å²) in [5.74, 6) is -3.76. The molecule has 4 rings (SSSR count). The second-order valence-corrected chi connectivity index (χ2v) is 7.83. The monoisotopic (exact) mass is 448 g/mol. The maximum absolute atomic E-state index is 14.3. The fraction of sp³-hybridized carbons (Fsp3) is 0.474. The molecular weight excluding hydrogens is 426 g/mol. The third kappa shape index (κ3) is 4.22. The van der Waals surface area contributed by atoms with Crippen LogP contribution >= 0.6 is 0 Å². The molecule has 0 spiro atoms. The van der Waals surface area contributed by atoms with Gasteiger partial charge in [0.1, 0.15) is 5.76 Å². The molecule has 4 heterocycles. The lowest BCUT2D eigenvalue weighted by Crippen LogP contribution is -2.39. The highest BCUT2D eigenvalue weighted by Gasteiger charge is 2.48. The molecule has 1 aliphatic heterocycles. The molecule has 3 aromatic heterocycles. The molecular formula is C19H22F2N8O3. The predicted molar refractivity (Wildman–Crippen MR) is 105 cm³/mol. The van der Waals surface area contributed by atoms with Gasteiger partial charge in [-0.2, -0.15) is 5.10 Å². The van der Waals surface area contributed by atoms with Crippen LogP contribution in [-0.2, 0) is 13.1 Å². The van der Waals surface area contributed by atoms with Gasteiger partial charge in [-0.15, -0.1) is 5.10 Å². The van der Waals surface area contributed by atoms with E-state index in [-0.39, 0.29) is 24.5 Å². The molecule has 0 unspecified atom stereocenters. The molecule has 0 radical (unpaired) electrons. The largest absolute Gasteiger partial charge is 0.361 e. The Hall–Kier alpha value is -3.64. The van der Waals surface area contributed by atoms with Gasteiger partial charge in [0.25, 0.3) is 17.7 Å². The lowest BCUT2D eigenvalue weighted by atomic mass is 10.1. The number of aromatic nitrogens is 6. The number of halogens is 2. The molecule has 3 aromatic rings. The normalized spacial score (nSPS) is 17.7. The zero-order valence-corrected chi connectivity index (χ0v) is 17.7. The minimum absolute atomic E-state index is 0.0250. The van der Waals surface area contributed by atoms with Crippen LogP contribution in [0.4, 0.5) is 8.78 Å². The van der Waals surface area contributed by atoms with E-state index >= 15 is 0 Å². The molecule has 13 heteroatoms. The highest BCUT2D eigenvalue weighted by molar-refractivity contribution is 5.94. The zero-order chi connectivity index (χ0) is 23.0. The maximum Gasteiger partial charge on any atom is 0.276 e. The van der Waals surface area contributed by atoms with Crippen LogP contribution in [0.5, 0.6) is 0 Å². The Labute approximate surface area is 181 Å². The van der Waals surface area contributed by atoms with Crippen molar-refractivity contribution < 1.29 is 22.9 Å². The van der Waals surface area contributed by atoms with E-state index in [0.29, 0.717) is 11.3 Å². The van der Waals surface area contributed by atoms with Crippen molar-refractivity contribution >= 4 is 11.8 Å². The number of aryl methyl sites for hydroxylation is 2. The third-order valence-corrected chi connectivity index (χ3v) is 5.30. The summed E-state index contributed by atoms with van der Waals surface area (Å²) in [5.41, 5.74) is 1.45. The topological polar surface area (TPSA) is 124 Å². The van der Waals surface area contributed by atoms with Gasteiger partial charge in [0.05, 0.1) is 38.1 Å². The van der Waals surface area contributed by atoms with Crippen molar-refractivity contribution in [2.45, 2.75) is 45.3 Å². The van der Waals surface area contributed by atoms with Gasteiger partial charge in [0.15, 0.2) is 11.4 Å². The van der Waals surface area contributed by atoms with E-state index in [1.165, 1.54) is 17.9 Å². The summed E-state index contributed by atoms with van der Waals surface area (Å²) in [6.45, 7) is 2.96. The number of alkyl halides is 2. The summed E-state index contributed by atoms with van der Waals surface area (Å²) in [5, 5.41) is 18.0. The van der Waals surface area contributed by atoms with E-state index < -0.39 is 36.7 Å². The predicted octanol–water partition coefficient (Wildman–Crippen LogP) is 1.04. The summed E-state index contributed by atoms with van der Waals surface area (Å²) >= 11 is 0. The Morgan fingerprint density at radius 2 is 2.06 bits per heavy atom. The van der Waals surface area contributed by atoms with Crippen LogP contribution in [0.2, 0.25) is 0 Å². The van der Waals surface area contributed by atoms with Gasteiger partial charge in [0, 0.05) is 25.2 Å². The molecule has 170 valence electrons. The lowest BCUT2D eigenvalue weighted by molar-refractivity contribution is 0.0116. The second kappa shape index (κ2) is 8.13. The van der Waals surface area contributed by atoms with E-state index in [1.54, 1.807) is 24.0 Å². The Bertz CT molecular complexity index is 1150. The van der Waals surface area contributed by atoms with E-state index in [0.717, 1.165) is 10.5 Å². The average molecular weight is 448 g/mol. The van der Waals surface area contributed by atoms with E-state index in [1.807, 2.05) is 6.92 Å². The van der Waals surface area contributed by atoms with Crippen LogP contribution in [0, 0.1) is 13.8 Å². The maximum atomic E-state index is 14.3. The summed E-state index contributed by atoms with van der Waals surface area (Å²) < 4.78 is 36.7. The van der Waals surface area contributed by atoms with Crippen LogP contribution in [0.15, 0.2) is 23.1 Å². The molecule has 0 aromatic carbocycles. The van der Waals surface area contributed by atoms with Gasteiger partial charge >= 0.3 is 0 Å². The Kier molecular flexibility index (Phi) is 5.48. The molecule has 32 heavy (non-hydrogen) atoms. The molecule has 1 fully saturated rings. The van der Waals surface area contributed by atoms with E-state index in [9.17, 15) is 18.4 Å². The number of nitrogens with zero attached hydrogens (tertiary/aromatic N) is 7. The first-order valence-corrected chi connectivity index (χ1v) is 9.92. The number of likely N-dealkylation sites (tertiary alicyclic amines) is 1. The van der Waals surface area contributed by atoms with Gasteiger partial charge < -0.3 is 14.7 Å². The van der Waals surface area contributed by atoms with Crippen LogP contribution in [-0.4, -0.2) is 72.2 Å². The first kappa shape index (κ1) is 21.6. The van der Waals surface area contributed by atoms with Gasteiger partial charge in [-0.3, -0.25) is 14.3 Å². The van der Waals surface area contributed by atoms with Crippen LogP contribution in [0.3, 0.4) is 0 Å². The van der Waals surface area contributed by atoms with Crippen molar-refractivity contribution in [2.24, 2.45) is 0 Å². The van der Waals surface area contributed by atoms with Gasteiger partial charge in [0.2, 0.25) is 0 Å². The minimum Gasteiger partial charge on any atom is -0.361 e. The van der Waals surface area contributed by atoms with Crippen molar-refractivity contribution in [3.8, 4) is 0 Å². The van der Waals surface area contributed by atoms with Gasteiger partial charge in [-0.05, 0) is 19.4 Å². The van der Waals surface area contributed by atoms with Crippen molar-refractivity contribution in [3.63, 3.8) is 0 Å². The second-order valence-electron chi connectivity index (χ2n) is 7.83. The Balaban J connectivity index is 1.58. The van der Waals surface area contributed by atoms with Crippen LogP contribution in [0.25, 0.3) is 0 Å². The molecule has 0 saturated carbocycles. The van der Waals surface area contributed by atoms with Crippen LogP contribution < -0.4 is 5.32 Å². The zero-order valence-electron chi connectivity index (χ0n) is 17.7. The fourth-order valence-corrected chi connectivity index (χ4v) is 3.73. The van der Waals surface area contributed by atoms with Gasteiger partial charge in [-0.1, -0.05) is 10.4 Å². The van der Waals surface area contributed by atoms with Crippen molar-refractivity contribution in [1.29, 1.82) is 0 Å².